The third-order valence-corrected chi connectivity index (χ3v) is 4.54. The smallest absolute Gasteiger partial charge is 0.219 e. The summed E-state index contributed by atoms with van der Waals surface area (Å²) in [5.41, 5.74) is 8.41. The van der Waals surface area contributed by atoms with Gasteiger partial charge in [-0.25, -0.2) is 0 Å². The minimum atomic E-state index is 0.196. The molecule has 0 spiro atoms. The van der Waals surface area contributed by atoms with E-state index in [1.54, 1.807) is 0 Å². The molecule has 0 aliphatic carbocycles. The summed E-state index contributed by atoms with van der Waals surface area (Å²) < 4.78 is 0. The van der Waals surface area contributed by atoms with Gasteiger partial charge in [0.05, 0.1) is 0 Å². The van der Waals surface area contributed by atoms with Crippen molar-refractivity contribution in [1.82, 2.24) is 10.2 Å². The van der Waals surface area contributed by atoms with Crippen molar-refractivity contribution in [3.63, 3.8) is 0 Å². The van der Waals surface area contributed by atoms with Gasteiger partial charge in [0.1, 0.15) is 0 Å². The molecule has 2 rings (SSSR count). The lowest BCUT2D eigenvalue weighted by molar-refractivity contribution is -0.121. The van der Waals surface area contributed by atoms with Crippen LogP contribution in [0.5, 0.6) is 0 Å². The van der Waals surface area contributed by atoms with E-state index in [9.17, 15) is 4.79 Å². The van der Waals surface area contributed by atoms with Crippen LogP contribution in [0.15, 0.2) is 24.3 Å². The molecule has 128 valence electrons. The third kappa shape index (κ3) is 6.71. The Morgan fingerprint density at radius 2 is 1.87 bits per heavy atom. The van der Waals surface area contributed by atoms with Crippen LogP contribution in [0.4, 0.5) is 0 Å². The molecule has 1 aliphatic heterocycles. The lowest BCUT2D eigenvalue weighted by Gasteiger charge is -2.28. The first-order chi connectivity index (χ1) is 11.3. The topological polar surface area (TPSA) is 58.4 Å². The van der Waals surface area contributed by atoms with E-state index in [0.717, 1.165) is 71.2 Å². The number of nitrogens with two attached hydrogens (primary N) is 1. The number of amides is 1. The molecule has 1 aromatic carbocycles. The van der Waals surface area contributed by atoms with Gasteiger partial charge in [-0.1, -0.05) is 37.1 Å². The van der Waals surface area contributed by atoms with E-state index >= 15 is 0 Å². The number of unbranched alkanes of at least 4 members (excludes halogenated alkanes) is 3. The van der Waals surface area contributed by atoms with Gasteiger partial charge in [-0.3, -0.25) is 9.69 Å². The van der Waals surface area contributed by atoms with Gasteiger partial charge in [0, 0.05) is 32.6 Å². The maximum atomic E-state index is 11.7. The fraction of sp³-hybridized carbons (Fsp3) is 0.632. The van der Waals surface area contributed by atoms with E-state index in [4.69, 9.17) is 5.73 Å². The second kappa shape index (κ2) is 10.4. The molecule has 0 unspecified atom stereocenters. The number of nitrogens with one attached hydrogen (secondary N) is 1. The van der Waals surface area contributed by atoms with Crippen LogP contribution in [-0.4, -0.2) is 37.0 Å². The number of fused-ring (bicyclic) bond motifs is 1. The Hall–Kier alpha value is -1.39. The minimum Gasteiger partial charge on any atom is -0.356 e. The quantitative estimate of drug-likeness (QED) is 0.652. The maximum absolute atomic E-state index is 11.7. The number of hydrogen-bond donors (Lipinski definition) is 2. The summed E-state index contributed by atoms with van der Waals surface area (Å²) in [5, 5.41) is 3.04. The van der Waals surface area contributed by atoms with Gasteiger partial charge in [0.15, 0.2) is 0 Å². The lowest BCUT2D eigenvalue weighted by Crippen LogP contribution is -2.33. The molecule has 23 heavy (non-hydrogen) atoms. The normalized spacial score (nSPS) is 14.5. The van der Waals surface area contributed by atoms with Gasteiger partial charge in [-0.15, -0.1) is 0 Å². The van der Waals surface area contributed by atoms with Crippen molar-refractivity contribution in [2.45, 2.75) is 51.5 Å². The average molecular weight is 317 g/mol. The summed E-state index contributed by atoms with van der Waals surface area (Å²) >= 11 is 0. The fourth-order valence-corrected chi connectivity index (χ4v) is 3.15. The highest BCUT2D eigenvalue weighted by molar-refractivity contribution is 5.75. The molecule has 1 aromatic rings. The molecule has 3 N–H and O–H groups in total. The van der Waals surface area contributed by atoms with Crippen LogP contribution in [0.25, 0.3) is 0 Å². The predicted octanol–water partition coefficient (Wildman–Crippen LogP) is 2.46. The second-order valence-electron chi connectivity index (χ2n) is 6.45. The zero-order chi connectivity index (χ0) is 16.3. The predicted molar refractivity (Wildman–Crippen MR) is 95.2 cm³/mol. The Balaban J connectivity index is 1.52. The van der Waals surface area contributed by atoms with Crippen LogP contribution in [0.3, 0.4) is 0 Å². The van der Waals surface area contributed by atoms with E-state index in [2.05, 4.69) is 34.5 Å². The Labute approximate surface area is 140 Å². The highest BCUT2D eigenvalue weighted by atomic mass is 16.1. The summed E-state index contributed by atoms with van der Waals surface area (Å²) in [6.45, 7) is 4.79. The number of nitrogens with zero attached hydrogens (tertiary/aromatic N) is 1. The summed E-state index contributed by atoms with van der Waals surface area (Å²) in [6.07, 6.45) is 7.13. The van der Waals surface area contributed by atoms with Gasteiger partial charge >= 0.3 is 0 Å². The van der Waals surface area contributed by atoms with Crippen LogP contribution in [0, 0.1) is 0 Å². The van der Waals surface area contributed by atoms with Crippen molar-refractivity contribution in [3.05, 3.63) is 35.4 Å². The number of hydrogen-bond acceptors (Lipinski definition) is 3. The van der Waals surface area contributed by atoms with E-state index in [0.29, 0.717) is 6.42 Å². The summed E-state index contributed by atoms with van der Waals surface area (Å²) in [6, 6.07) is 8.71. The molecular formula is C19H31N3O. The third-order valence-electron chi connectivity index (χ3n) is 4.54. The van der Waals surface area contributed by atoms with E-state index in [1.807, 2.05) is 0 Å². The molecule has 1 amide bonds. The molecule has 1 heterocycles. The Morgan fingerprint density at radius 1 is 1.09 bits per heavy atom. The second-order valence-corrected chi connectivity index (χ2v) is 6.45. The van der Waals surface area contributed by atoms with Crippen molar-refractivity contribution in [1.29, 1.82) is 0 Å². The zero-order valence-corrected chi connectivity index (χ0v) is 14.2. The molecule has 0 saturated heterocycles. The summed E-state index contributed by atoms with van der Waals surface area (Å²) in [7, 11) is 0. The largest absolute Gasteiger partial charge is 0.356 e. The van der Waals surface area contributed by atoms with E-state index in [-0.39, 0.29) is 5.91 Å². The van der Waals surface area contributed by atoms with Gasteiger partial charge in [0.25, 0.3) is 0 Å². The molecular weight excluding hydrogens is 286 g/mol. The van der Waals surface area contributed by atoms with Crippen molar-refractivity contribution >= 4 is 5.91 Å². The van der Waals surface area contributed by atoms with Crippen molar-refractivity contribution < 1.29 is 4.79 Å². The summed E-state index contributed by atoms with van der Waals surface area (Å²) in [5.74, 6) is 0.196. The Kier molecular flexibility index (Phi) is 8.12. The molecule has 4 heteroatoms. The number of carbonyl (C=O) groups excluding carboxylic acids is 1. The first kappa shape index (κ1) is 18.0. The number of carbonyl (C=O) groups is 1. The van der Waals surface area contributed by atoms with Crippen LogP contribution in [0.1, 0.15) is 49.7 Å². The van der Waals surface area contributed by atoms with Gasteiger partial charge in [-0.05, 0) is 43.4 Å². The monoisotopic (exact) mass is 317 g/mol. The molecule has 4 nitrogen and oxygen atoms in total. The molecule has 0 radical (unpaired) electrons. The van der Waals surface area contributed by atoms with Gasteiger partial charge < -0.3 is 11.1 Å². The SMILES string of the molecule is NCCCCCCC(=O)NCCCN1CCc2ccccc2C1. The first-order valence-corrected chi connectivity index (χ1v) is 9.05. The average Bonchev–Trinajstić information content (AvgIpc) is 2.58. The highest BCUT2D eigenvalue weighted by Gasteiger charge is 2.14. The molecule has 1 aliphatic rings. The molecule has 0 fully saturated rings. The van der Waals surface area contributed by atoms with Gasteiger partial charge in [0.2, 0.25) is 5.91 Å². The van der Waals surface area contributed by atoms with Crippen LogP contribution in [-0.2, 0) is 17.8 Å². The Morgan fingerprint density at radius 3 is 2.70 bits per heavy atom. The van der Waals surface area contributed by atoms with Crippen LogP contribution < -0.4 is 11.1 Å². The molecule has 0 aromatic heterocycles. The lowest BCUT2D eigenvalue weighted by atomic mass is 10.00. The molecule has 0 bridgehead atoms. The number of rotatable bonds is 10. The summed E-state index contributed by atoms with van der Waals surface area (Å²) in [4.78, 5) is 14.2. The van der Waals surface area contributed by atoms with Crippen molar-refractivity contribution in [2.75, 3.05) is 26.2 Å². The van der Waals surface area contributed by atoms with Crippen LogP contribution >= 0.6 is 0 Å². The fourth-order valence-electron chi connectivity index (χ4n) is 3.15. The maximum Gasteiger partial charge on any atom is 0.219 e. The van der Waals surface area contributed by atoms with Crippen LogP contribution in [0.2, 0.25) is 0 Å². The first-order valence-electron chi connectivity index (χ1n) is 9.05. The standard InChI is InChI=1S/C19H31N3O/c20-12-6-2-1-3-10-19(23)21-13-7-14-22-15-11-17-8-4-5-9-18(17)16-22/h4-5,8-9H,1-3,6-7,10-16,20H2,(H,21,23). The van der Waals surface area contributed by atoms with E-state index < -0.39 is 0 Å². The van der Waals surface area contributed by atoms with Gasteiger partial charge in [-0.2, -0.15) is 0 Å². The van der Waals surface area contributed by atoms with E-state index in [1.165, 1.54) is 11.1 Å². The van der Waals surface area contributed by atoms with Crippen molar-refractivity contribution in [2.24, 2.45) is 5.73 Å². The molecule has 0 atom stereocenters. The minimum absolute atomic E-state index is 0.196. The van der Waals surface area contributed by atoms with Crippen molar-refractivity contribution in [3.8, 4) is 0 Å². The zero-order valence-electron chi connectivity index (χ0n) is 14.2. The Bertz CT molecular complexity index is 475. The molecule has 0 saturated carbocycles. The number of benzene rings is 1. The highest BCUT2D eigenvalue weighted by Crippen LogP contribution is 2.18.